The van der Waals surface area contributed by atoms with Crippen LogP contribution in [-0.4, -0.2) is 44.0 Å². The highest BCUT2D eigenvalue weighted by molar-refractivity contribution is 5.78. The summed E-state index contributed by atoms with van der Waals surface area (Å²) in [7, 11) is 0. The highest BCUT2D eigenvalue weighted by atomic mass is 16.1. The Balaban J connectivity index is 1.53. The van der Waals surface area contributed by atoms with Crippen molar-refractivity contribution in [2.75, 3.05) is 6.54 Å². The fraction of sp³-hybridized carbons (Fsp3) is 0.381. The second-order valence-electron chi connectivity index (χ2n) is 7.48. The quantitative estimate of drug-likeness (QED) is 0.731. The van der Waals surface area contributed by atoms with Crippen LogP contribution in [-0.2, 0) is 11.3 Å². The van der Waals surface area contributed by atoms with E-state index < -0.39 is 0 Å². The number of carbonyl (C=O) groups is 1. The first-order chi connectivity index (χ1) is 13.1. The van der Waals surface area contributed by atoms with Gasteiger partial charge in [-0.1, -0.05) is 30.3 Å². The maximum atomic E-state index is 11.5. The van der Waals surface area contributed by atoms with Gasteiger partial charge in [0.2, 0.25) is 5.91 Å². The molecule has 3 heterocycles. The van der Waals surface area contributed by atoms with Crippen LogP contribution >= 0.6 is 0 Å². The molecule has 1 aromatic carbocycles. The van der Waals surface area contributed by atoms with E-state index in [0.29, 0.717) is 12.5 Å². The van der Waals surface area contributed by atoms with E-state index in [1.54, 1.807) is 0 Å². The van der Waals surface area contributed by atoms with Crippen molar-refractivity contribution in [1.82, 2.24) is 24.8 Å². The van der Waals surface area contributed by atoms with Gasteiger partial charge in [-0.05, 0) is 25.8 Å². The van der Waals surface area contributed by atoms with Crippen molar-refractivity contribution in [1.29, 1.82) is 0 Å². The van der Waals surface area contributed by atoms with Crippen molar-refractivity contribution >= 4 is 11.6 Å². The molecule has 3 aromatic rings. The zero-order valence-electron chi connectivity index (χ0n) is 15.8. The molecule has 1 atom stereocenters. The number of hydrogen-bond acceptors (Lipinski definition) is 4. The van der Waals surface area contributed by atoms with Crippen molar-refractivity contribution in [3.05, 3.63) is 54.5 Å². The summed E-state index contributed by atoms with van der Waals surface area (Å²) in [6, 6.07) is 10.8. The van der Waals surface area contributed by atoms with E-state index in [0.717, 1.165) is 41.8 Å². The minimum absolute atomic E-state index is 0.164. The summed E-state index contributed by atoms with van der Waals surface area (Å²) < 4.78 is 1.85. The molecule has 1 aliphatic heterocycles. The summed E-state index contributed by atoms with van der Waals surface area (Å²) in [5, 5.41) is 7.56. The standard InChI is InChI=1S/C21H25N5O/c1-15(2)25(14-18-8-9-20(27)24-18)12-16-10-22-21-19(11-23-26(21)13-16)17-6-4-3-5-7-17/h3-7,10-11,13,15,18H,8-9,12,14H2,1-2H3,(H,24,27)/t18-/m0/s1. The Labute approximate surface area is 159 Å². The van der Waals surface area contributed by atoms with Crippen molar-refractivity contribution < 1.29 is 4.79 Å². The van der Waals surface area contributed by atoms with E-state index in [9.17, 15) is 4.79 Å². The first-order valence-corrected chi connectivity index (χ1v) is 9.51. The smallest absolute Gasteiger partial charge is 0.220 e. The maximum Gasteiger partial charge on any atom is 0.220 e. The first kappa shape index (κ1) is 17.7. The monoisotopic (exact) mass is 363 g/mol. The van der Waals surface area contributed by atoms with Gasteiger partial charge in [-0.3, -0.25) is 9.69 Å². The van der Waals surface area contributed by atoms with Crippen molar-refractivity contribution in [2.24, 2.45) is 0 Å². The normalized spacial score (nSPS) is 17.2. The van der Waals surface area contributed by atoms with Gasteiger partial charge in [-0.2, -0.15) is 5.10 Å². The molecule has 1 N–H and O–H groups in total. The molecule has 0 unspecified atom stereocenters. The molecule has 1 saturated heterocycles. The Morgan fingerprint density at radius 3 is 2.78 bits per heavy atom. The predicted molar refractivity (Wildman–Crippen MR) is 105 cm³/mol. The van der Waals surface area contributed by atoms with Crippen LogP contribution in [0.5, 0.6) is 0 Å². The van der Waals surface area contributed by atoms with Crippen molar-refractivity contribution in [3.8, 4) is 11.1 Å². The molecular formula is C21H25N5O. The fourth-order valence-corrected chi connectivity index (χ4v) is 3.61. The number of benzene rings is 1. The lowest BCUT2D eigenvalue weighted by Crippen LogP contribution is -2.41. The Morgan fingerprint density at radius 2 is 2.07 bits per heavy atom. The van der Waals surface area contributed by atoms with Crippen LogP contribution in [0, 0.1) is 0 Å². The van der Waals surface area contributed by atoms with Crippen LogP contribution in [0.15, 0.2) is 48.9 Å². The molecule has 4 rings (SSSR count). The fourth-order valence-electron chi connectivity index (χ4n) is 3.61. The molecule has 27 heavy (non-hydrogen) atoms. The minimum atomic E-state index is 0.164. The summed E-state index contributed by atoms with van der Waals surface area (Å²) >= 11 is 0. The van der Waals surface area contributed by atoms with Gasteiger partial charge in [0, 0.05) is 55.1 Å². The van der Waals surface area contributed by atoms with E-state index in [1.165, 1.54) is 0 Å². The third kappa shape index (κ3) is 3.85. The molecule has 0 spiro atoms. The van der Waals surface area contributed by atoms with Crippen LogP contribution in [0.1, 0.15) is 32.3 Å². The van der Waals surface area contributed by atoms with Gasteiger partial charge < -0.3 is 5.32 Å². The Kier molecular flexibility index (Phi) is 4.90. The molecule has 0 radical (unpaired) electrons. The van der Waals surface area contributed by atoms with Crippen LogP contribution in [0.2, 0.25) is 0 Å². The lowest BCUT2D eigenvalue weighted by Gasteiger charge is -2.29. The van der Waals surface area contributed by atoms with Gasteiger partial charge in [0.05, 0.1) is 6.20 Å². The average Bonchev–Trinajstić information content (AvgIpc) is 3.27. The minimum Gasteiger partial charge on any atom is -0.352 e. The molecule has 1 amide bonds. The molecule has 0 bridgehead atoms. The van der Waals surface area contributed by atoms with E-state index in [4.69, 9.17) is 0 Å². The number of amides is 1. The van der Waals surface area contributed by atoms with Gasteiger partial charge in [0.25, 0.3) is 0 Å². The maximum absolute atomic E-state index is 11.5. The molecular weight excluding hydrogens is 338 g/mol. The van der Waals surface area contributed by atoms with Gasteiger partial charge in [-0.15, -0.1) is 0 Å². The molecule has 1 aliphatic rings. The van der Waals surface area contributed by atoms with Crippen LogP contribution in [0.4, 0.5) is 0 Å². The third-order valence-corrected chi connectivity index (χ3v) is 5.15. The summed E-state index contributed by atoms with van der Waals surface area (Å²) in [6.45, 7) is 6.01. The van der Waals surface area contributed by atoms with Gasteiger partial charge in [-0.25, -0.2) is 9.50 Å². The molecule has 0 aliphatic carbocycles. The zero-order valence-corrected chi connectivity index (χ0v) is 15.8. The highest BCUT2D eigenvalue weighted by Crippen LogP contribution is 2.23. The van der Waals surface area contributed by atoms with Crippen molar-refractivity contribution in [2.45, 2.75) is 45.3 Å². The molecule has 1 fully saturated rings. The second kappa shape index (κ2) is 7.48. The number of fused-ring (bicyclic) bond motifs is 1. The number of rotatable bonds is 6. The average molecular weight is 363 g/mol. The summed E-state index contributed by atoms with van der Waals surface area (Å²) in [6.07, 6.45) is 7.41. The van der Waals surface area contributed by atoms with E-state index >= 15 is 0 Å². The van der Waals surface area contributed by atoms with E-state index in [2.05, 4.69) is 52.5 Å². The number of nitrogens with one attached hydrogen (secondary N) is 1. The Morgan fingerprint density at radius 1 is 1.26 bits per heavy atom. The van der Waals surface area contributed by atoms with Gasteiger partial charge in [0.1, 0.15) is 0 Å². The van der Waals surface area contributed by atoms with Crippen LogP contribution in [0.25, 0.3) is 16.8 Å². The topological polar surface area (TPSA) is 62.5 Å². The summed E-state index contributed by atoms with van der Waals surface area (Å²) in [5.41, 5.74) is 4.14. The highest BCUT2D eigenvalue weighted by Gasteiger charge is 2.24. The zero-order chi connectivity index (χ0) is 18.8. The van der Waals surface area contributed by atoms with Crippen LogP contribution in [0.3, 0.4) is 0 Å². The molecule has 6 nitrogen and oxygen atoms in total. The number of aromatic nitrogens is 3. The molecule has 2 aromatic heterocycles. The molecule has 0 saturated carbocycles. The molecule has 140 valence electrons. The van der Waals surface area contributed by atoms with E-state index in [-0.39, 0.29) is 11.9 Å². The number of hydrogen-bond donors (Lipinski definition) is 1. The number of carbonyl (C=O) groups excluding carboxylic acids is 1. The lowest BCUT2D eigenvalue weighted by atomic mass is 10.1. The van der Waals surface area contributed by atoms with Gasteiger partial charge in [0.15, 0.2) is 5.65 Å². The Bertz CT molecular complexity index is 934. The summed E-state index contributed by atoms with van der Waals surface area (Å²) in [4.78, 5) is 18.5. The predicted octanol–water partition coefficient (Wildman–Crippen LogP) is 2.89. The second-order valence-corrected chi connectivity index (χ2v) is 7.48. The first-order valence-electron chi connectivity index (χ1n) is 9.51. The molecule has 6 heteroatoms. The van der Waals surface area contributed by atoms with Gasteiger partial charge >= 0.3 is 0 Å². The van der Waals surface area contributed by atoms with Crippen LogP contribution < -0.4 is 5.32 Å². The third-order valence-electron chi connectivity index (χ3n) is 5.15. The Hall–Kier alpha value is -2.73. The summed E-state index contributed by atoms with van der Waals surface area (Å²) in [5.74, 6) is 0.164. The van der Waals surface area contributed by atoms with E-state index in [1.807, 2.05) is 35.1 Å². The SMILES string of the molecule is CC(C)N(Cc1cnc2c(-c3ccccc3)cnn2c1)C[C@@H]1CCC(=O)N1. The number of nitrogens with zero attached hydrogens (tertiary/aromatic N) is 4. The lowest BCUT2D eigenvalue weighted by molar-refractivity contribution is -0.119. The largest absolute Gasteiger partial charge is 0.352 e. The van der Waals surface area contributed by atoms with Crippen molar-refractivity contribution in [3.63, 3.8) is 0 Å².